The van der Waals surface area contributed by atoms with Gasteiger partial charge in [-0.1, -0.05) is 6.92 Å². The van der Waals surface area contributed by atoms with E-state index in [1.807, 2.05) is 6.92 Å². The van der Waals surface area contributed by atoms with Gasteiger partial charge in [-0.25, -0.2) is 13.1 Å². The first kappa shape index (κ1) is 15.9. The number of nitrogens with zero attached hydrogens (tertiary/aromatic N) is 1. The summed E-state index contributed by atoms with van der Waals surface area (Å²) in [7, 11) is -1.35. The monoisotopic (exact) mass is 278 g/mol. The fourth-order valence-electron chi connectivity index (χ4n) is 2.25. The molecule has 108 valence electrons. The number of hydrogen-bond donors (Lipinski definition) is 1. The van der Waals surface area contributed by atoms with E-state index in [-0.39, 0.29) is 17.9 Å². The number of methoxy groups -OCH3 is 1. The zero-order valence-electron chi connectivity index (χ0n) is 11.7. The molecule has 0 aromatic heterocycles. The number of piperidine rings is 1. The summed E-state index contributed by atoms with van der Waals surface area (Å²) in [6.07, 6.45) is 2.68. The predicted octanol–water partition coefficient (Wildman–Crippen LogP) is 0.815. The van der Waals surface area contributed by atoms with Crippen LogP contribution in [0.1, 0.15) is 33.1 Å². The third-order valence-electron chi connectivity index (χ3n) is 3.32. The Balaban J connectivity index is 2.31. The van der Waals surface area contributed by atoms with Crippen LogP contribution in [0.2, 0.25) is 0 Å². The molecule has 1 unspecified atom stereocenters. The van der Waals surface area contributed by atoms with E-state index in [9.17, 15) is 8.42 Å². The molecule has 0 amide bonds. The first-order chi connectivity index (χ1) is 8.46. The second-order valence-electron chi connectivity index (χ2n) is 5.06. The molecule has 0 bridgehead atoms. The van der Waals surface area contributed by atoms with Crippen molar-refractivity contribution >= 4 is 10.0 Å². The molecule has 1 aliphatic heterocycles. The number of likely N-dealkylation sites (tertiary alicyclic amines) is 1. The Morgan fingerprint density at radius 3 is 2.50 bits per heavy atom. The fraction of sp³-hybridized carbons (Fsp3) is 1.00. The molecule has 0 aromatic rings. The van der Waals surface area contributed by atoms with E-state index in [2.05, 4.69) is 16.5 Å². The smallest absolute Gasteiger partial charge is 0.211 e. The van der Waals surface area contributed by atoms with E-state index in [1.165, 1.54) is 0 Å². The van der Waals surface area contributed by atoms with Crippen LogP contribution in [0.5, 0.6) is 0 Å². The van der Waals surface area contributed by atoms with Gasteiger partial charge in [0.1, 0.15) is 0 Å². The minimum Gasteiger partial charge on any atom is -0.380 e. The molecule has 0 saturated carbocycles. The lowest BCUT2D eigenvalue weighted by Crippen LogP contribution is -2.46. The Hall–Kier alpha value is -0.170. The van der Waals surface area contributed by atoms with Crippen molar-refractivity contribution in [1.82, 2.24) is 9.62 Å². The van der Waals surface area contributed by atoms with E-state index >= 15 is 0 Å². The molecule has 18 heavy (non-hydrogen) atoms. The summed E-state index contributed by atoms with van der Waals surface area (Å²) >= 11 is 0. The lowest BCUT2D eigenvalue weighted by molar-refractivity contribution is 0.0670. The van der Waals surface area contributed by atoms with Crippen LogP contribution >= 0.6 is 0 Å². The molecular weight excluding hydrogens is 252 g/mol. The summed E-state index contributed by atoms with van der Waals surface area (Å²) in [6.45, 7) is 6.73. The average Bonchev–Trinajstić information content (AvgIpc) is 2.31. The van der Waals surface area contributed by atoms with Crippen molar-refractivity contribution < 1.29 is 13.2 Å². The van der Waals surface area contributed by atoms with Gasteiger partial charge < -0.3 is 9.64 Å². The first-order valence-corrected chi connectivity index (χ1v) is 8.37. The summed E-state index contributed by atoms with van der Waals surface area (Å²) in [5.41, 5.74) is 0. The average molecular weight is 278 g/mol. The highest BCUT2D eigenvalue weighted by molar-refractivity contribution is 7.89. The van der Waals surface area contributed by atoms with E-state index < -0.39 is 10.0 Å². The lowest BCUT2D eigenvalue weighted by atomic mass is 10.1. The third kappa shape index (κ3) is 5.65. The van der Waals surface area contributed by atoms with Crippen molar-refractivity contribution in [3.8, 4) is 0 Å². The quantitative estimate of drug-likeness (QED) is 0.749. The maximum absolute atomic E-state index is 11.7. The number of ether oxygens (including phenoxy) is 1. The Morgan fingerprint density at radius 1 is 1.39 bits per heavy atom. The molecule has 0 spiro atoms. The Morgan fingerprint density at radius 2 is 2.00 bits per heavy atom. The predicted molar refractivity (Wildman–Crippen MR) is 73.1 cm³/mol. The molecule has 6 heteroatoms. The van der Waals surface area contributed by atoms with Gasteiger partial charge in [-0.2, -0.15) is 0 Å². The highest BCUT2D eigenvalue weighted by Gasteiger charge is 2.23. The number of rotatable bonds is 7. The van der Waals surface area contributed by atoms with E-state index in [1.54, 1.807) is 7.11 Å². The third-order valence-corrected chi connectivity index (χ3v) is 4.96. The molecule has 5 nitrogen and oxygen atoms in total. The highest BCUT2D eigenvalue weighted by atomic mass is 32.2. The standard InChI is InChI=1S/C12H26N2O3S/c1-4-9-18(15,16)13-12-5-7-14(8-6-12)10-11(2)17-3/h11-13H,4-10H2,1-3H3. The molecule has 1 N–H and O–H groups in total. The Kier molecular flexibility index (Phi) is 6.55. The van der Waals surface area contributed by atoms with Crippen molar-refractivity contribution in [1.29, 1.82) is 0 Å². The van der Waals surface area contributed by atoms with Crippen LogP contribution in [-0.4, -0.2) is 58.0 Å². The zero-order valence-corrected chi connectivity index (χ0v) is 12.5. The molecule has 0 aliphatic carbocycles. The number of nitrogens with one attached hydrogen (secondary N) is 1. The molecule has 0 radical (unpaired) electrons. The largest absolute Gasteiger partial charge is 0.380 e. The van der Waals surface area contributed by atoms with Gasteiger partial charge in [0.15, 0.2) is 0 Å². The van der Waals surface area contributed by atoms with Gasteiger partial charge in [0.05, 0.1) is 11.9 Å². The van der Waals surface area contributed by atoms with Crippen molar-refractivity contribution in [3.63, 3.8) is 0 Å². The Bertz CT molecular complexity index is 324. The maximum Gasteiger partial charge on any atom is 0.211 e. The molecule has 1 heterocycles. The lowest BCUT2D eigenvalue weighted by Gasteiger charge is -2.33. The normalized spacial score (nSPS) is 21.1. The molecule has 0 aromatic carbocycles. The first-order valence-electron chi connectivity index (χ1n) is 6.72. The Labute approximate surface area is 111 Å². The van der Waals surface area contributed by atoms with Crippen LogP contribution in [0.3, 0.4) is 0 Å². The molecule has 1 aliphatic rings. The van der Waals surface area contributed by atoms with Gasteiger partial charge in [0, 0.05) is 19.7 Å². The minimum atomic E-state index is -3.07. The van der Waals surface area contributed by atoms with Crippen molar-refractivity contribution in [2.24, 2.45) is 0 Å². The van der Waals surface area contributed by atoms with Crippen LogP contribution in [0.25, 0.3) is 0 Å². The van der Waals surface area contributed by atoms with Gasteiger partial charge in [0.2, 0.25) is 10.0 Å². The van der Waals surface area contributed by atoms with Crippen LogP contribution in [-0.2, 0) is 14.8 Å². The van der Waals surface area contributed by atoms with Gasteiger partial charge in [-0.3, -0.25) is 0 Å². The van der Waals surface area contributed by atoms with Crippen molar-refractivity contribution in [2.45, 2.75) is 45.3 Å². The second-order valence-corrected chi connectivity index (χ2v) is 6.93. The maximum atomic E-state index is 11.7. The van der Waals surface area contributed by atoms with Crippen molar-refractivity contribution in [2.75, 3.05) is 32.5 Å². The van der Waals surface area contributed by atoms with Crippen LogP contribution < -0.4 is 4.72 Å². The SMILES string of the molecule is CCCS(=O)(=O)NC1CCN(CC(C)OC)CC1. The number of sulfonamides is 1. The van der Waals surface area contributed by atoms with E-state index in [0.29, 0.717) is 6.42 Å². The van der Waals surface area contributed by atoms with Gasteiger partial charge in [-0.05, 0) is 39.3 Å². The zero-order chi connectivity index (χ0) is 13.6. The topological polar surface area (TPSA) is 58.6 Å². The molecular formula is C12H26N2O3S. The summed E-state index contributed by atoms with van der Waals surface area (Å²) in [5.74, 6) is 0.230. The molecule has 1 saturated heterocycles. The van der Waals surface area contributed by atoms with Gasteiger partial charge >= 0.3 is 0 Å². The fourth-order valence-corrected chi connectivity index (χ4v) is 3.65. The molecule has 1 atom stereocenters. The molecule has 1 rings (SSSR count). The van der Waals surface area contributed by atoms with Crippen molar-refractivity contribution in [3.05, 3.63) is 0 Å². The summed E-state index contributed by atoms with van der Waals surface area (Å²) in [4.78, 5) is 2.33. The van der Waals surface area contributed by atoms with E-state index in [0.717, 1.165) is 32.5 Å². The van der Waals surface area contributed by atoms with Gasteiger partial charge in [-0.15, -0.1) is 0 Å². The highest BCUT2D eigenvalue weighted by Crippen LogP contribution is 2.12. The van der Waals surface area contributed by atoms with Crippen LogP contribution in [0.4, 0.5) is 0 Å². The van der Waals surface area contributed by atoms with Gasteiger partial charge in [0.25, 0.3) is 0 Å². The number of hydrogen-bond acceptors (Lipinski definition) is 4. The van der Waals surface area contributed by atoms with E-state index in [4.69, 9.17) is 4.74 Å². The van der Waals surface area contributed by atoms with Crippen LogP contribution in [0, 0.1) is 0 Å². The summed E-state index contributed by atoms with van der Waals surface area (Å²) < 4.78 is 31.4. The minimum absolute atomic E-state index is 0.107. The molecule has 1 fully saturated rings. The second kappa shape index (κ2) is 7.43. The summed E-state index contributed by atoms with van der Waals surface area (Å²) in [5, 5.41) is 0. The van der Waals surface area contributed by atoms with Crippen LogP contribution in [0.15, 0.2) is 0 Å². The summed E-state index contributed by atoms with van der Waals surface area (Å²) in [6, 6.07) is 0.107.